The fourth-order valence-corrected chi connectivity index (χ4v) is 4.04. The average molecular weight is 499 g/mol. The number of pyridine rings is 1. The predicted octanol–water partition coefficient (Wildman–Crippen LogP) is 3.15. The van der Waals surface area contributed by atoms with E-state index in [1.807, 2.05) is 11.8 Å². The zero-order valence-electron chi connectivity index (χ0n) is 19.8. The topological polar surface area (TPSA) is 88.9 Å². The van der Waals surface area contributed by atoms with Crippen LogP contribution in [0.15, 0.2) is 29.5 Å². The molecule has 2 aromatic rings. The summed E-state index contributed by atoms with van der Waals surface area (Å²) < 4.78 is 62.8. The Hall–Kier alpha value is -2.83. The highest BCUT2D eigenvalue weighted by atomic mass is 19.4. The van der Waals surface area contributed by atoms with Crippen LogP contribution in [0.5, 0.6) is 11.6 Å². The van der Waals surface area contributed by atoms with Crippen molar-refractivity contribution in [2.24, 2.45) is 5.10 Å². The standard InChI is InChI=1S/C23H29F3N4O5/c1-4-29-13-30(28-20(29)11-31)16-9-15-5-7-27-22(35-17-6-8-33-12-19(17)32-3)21(15)18(10-16)34-14(2)23(24,25)26/h5,7,9-10,14,17,19,31H,4,6,8,11-13H2,1-3H3/t14-,17?,19?/m0/s1. The lowest BCUT2D eigenvalue weighted by molar-refractivity contribution is -0.189. The summed E-state index contributed by atoms with van der Waals surface area (Å²) in [6.45, 7) is 4.41. The molecule has 0 radical (unpaired) electrons. The number of hydrogen-bond acceptors (Lipinski definition) is 9. The van der Waals surface area contributed by atoms with Crippen molar-refractivity contribution in [1.29, 1.82) is 0 Å². The van der Waals surface area contributed by atoms with Gasteiger partial charge in [0.2, 0.25) is 5.88 Å². The molecule has 0 spiro atoms. The minimum absolute atomic E-state index is 0.0258. The lowest BCUT2D eigenvalue weighted by Gasteiger charge is -2.31. The maximum Gasteiger partial charge on any atom is 0.425 e. The number of aromatic nitrogens is 1. The first kappa shape index (κ1) is 25.3. The Balaban J connectivity index is 1.77. The van der Waals surface area contributed by atoms with Crippen LogP contribution in [-0.2, 0) is 9.47 Å². The Kier molecular flexibility index (Phi) is 7.53. The van der Waals surface area contributed by atoms with Crippen LogP contribution in [0, 0.1) is 0 Å². The van der Waals surface area contributed by atoms with Gasteiger partial charge in [-0.2, -0.15) is 18.3 Å². The van der Waals surface area contributed by atoms with Crippen LogP contribution in [0.2, 0.25) is 0 Å². The number of nitrogens with zero attached hydrogens (tertiary/aromatic N) is 4. The van der Waals surface area contributed by atoms with E-state index in [1.54, 1.807) is 24.3 Å². The third kappa shape index (κ3) is 5.39. The number of hydrazone groups is 1. The van der Waals surface area contributed by atoms with E-state index >= 15 is 0 Å². The molecule has 1 N–H and O–H groups in total. The van der Waals surface area contributed by atoms with E-state index in [0.717, 1.165) is 6.92 Å². The molecular formula is C23H29F3N4O5. The summed E-state index contributed by atoms with van der Waals surface area (Å²) in [6.07, 6.45) is -5.27. The molecule has 1 fully saturated rings. The molecule has 1 aromatic heterocycles. The van der Waals surface area contributed by atoms with Crippen LogP contribution in [0.1, 0.15) is 20.3 Å². The maximum absolute atomic E-state index is 13.4. The molecule has 3 heterocycles. The summed E-state index contributed by atoms with van der Waals surface area (Å²) in [4.78, 5) is 6.18. The van der Waals surface area contributed by atoms with Gasteiger partial charge in [-0.15, -0.1) is 0 Å². The van der Waals surface area contributed by atoms with E-state index in [1.165, 1.54) is 12.3 Å². The Morgan fingerprint density at radius 1 is 1.29 bits per heavy atom. The summed E-state index contributed by atoms with van der Waals surface area (Å²) in [5.41, 5.74) is 0.516. The van der Waals surface area contributed by atoms with E-state index in [9.17, 15) is 18.3 Å². The quantitative estimate of drug-likeness (QED) is 0.594. The number of benzene rings is 1. The molecule has 0 aliphatic carbocycles. The molecule has 192 valence electrons. The molecule has 1 saturated heterocycles. The number of likely N-dealkylation sites (N-methyl/N-ethyl adjacent to an activating group) is 1. The number of halogens is 3. The number of rotatable bonds is 8. The fourth-order valence-electron chi connectivity index (χ4n) is 4.04. The van der Waals surface area contributed by atoms with Gasteiger partial charge in [0.15, 0.2) is 11.9 Å². The van der Waals surface area contributed by atoms with Gasteiger partial charge >= 0.3 is 6.18 Å². The summed E-state index contributed by atoms with van der Waals surface area (Å²) in [6, 6.07) is 4.96. The van der Waals surface area contributed by atoms with E-state index in [2.05, 4.69) is 10.1 Å². The van der Waals surface area contributed by atoms with Crippen LogP contribution in [0.4, 0.5) is 18.9 Å². The Labute approximate surface area is 201 Å². The summed E-state index contributed by atoms with van der Waals surface area (Å²) in [5.74, 6) is 0.605. The SMILES string of the molecule is CCN1CN(c2cc(O[C@@H](C)C(F)(F)F)c3c(OC4CCOCC4OC)nccc3c2)N=C1CO. The highest BCUT2D eigenvalue weighted by molar-refractivity contribution is 5.96. The minimum Gasteiger partial charge on any atom is -0.480 e. The average Bonchev–Trinajstić information content (AvgIpc) is 3.27. The second kappa shape index (κ2) is 10.4. The van der Waals surface area contributed by atoms with Gasteiger partial charge in [-0.1, -0.05) is 0 Å². The van der Waals surface area contributed by atoms with E-state index in [0.29, 0.717) is 55.1 Å². The molecule has 2 aliphatic heterocycles. The fraction of sp³-hybridized carbons (Fsp3) is 0.565. The van der Waals surface area contributed by atoms with Crippen molar-refractivity contribution in [2.75, 3.05) is 45.2 Å². The van der Waals surface area contributed by atoms with E-state index in [4.69, 9.17) is 18.9 Å². The molecular weight excluding hydrogens is 469 g/mol. The summed E-state index contributed by atoms with van der Waals surface area (Å²) >= 11 is 0. The van der Waals surface area contributed by atoms with Crippen LogP contribution < -0.4 is 14.5 Å². The van der Waals surface area contributed by atoms with Gasteiger partial charge in [0.1, 0.15) is 31.2 Å². The number of aliphatic hydroxyl groups is 1. The van der Waals surface area contributed by atoms with E-state index < -0.39 is 12.3 Å². The van der Waals surface area contributed by atoms with Crippen molar-refractivity contribution in [3.8, 4) is 11.6 Å². The van der Waals surface area contributed by atoms with Crippen LogP contribution >= 0.6 is 0 Å². The van der Waals surface area contributed by atoms with E-state index in [-0.39, 0.29) is 30.4 Å². The van der Waals surface area contributed by atoms with Gasteiger partial charge in [-0.05, 0) is 31.4 Å². The number of ether oxygens (including phenoxy) is 4. The van der Waals surface area contributed by atoms with Gasteiger partial charge in [0.05, 0.1) is 24.3 Å². The van der Waals surface area contributed by atoms with Crippen molar-refractivity contribution in [1.82, 2.24) is 9.88 Å². The third-order valence-corrected chi connectivity index (χ3v) is 6.08. The second-order valence-electron chi connectivity index (χ2n) is 8.33. The van der Waals surface area contributed by atoms with Crippen LogP contribution in [-0.4, -0.2) is 85.5 Å². The molecule has 0 bridgehead atoms. The summed E-state index contributed by atoms with van der Waals surface area (Å²) in [7, 11) is 1.55. The van der Waals surface area contributed by atoms with Gasteiger partial charge in [-0.3, -0.25) is 0 Å². The first-order valence-corrected chi connectivity index (χ1v) is 11.4. The van der Waals surface area contributed by atoms with Crippen molar-refractivity contribution < 1.29 is 37.2 Å². The zero-order chi connectivity index (χ0) is 25.2. The minimum atomic E-state index is -4.57. The molecule has 2 unspecified atom stereocenters. The molecule has 3 atom stereocenters. The number of hydrogen-bond donors (Lipinski definition) is 1. The Bertz CT molecular complexity index is 1070. The highest BCUT2D eigenvalue weighted by Gasteiger charge is 2.39. The van der Waals surface area contributed by atoms with Crippen molar-refractivity contribution in [3.05, 3.63) is 24.4 Å². The lowest BCUT2D eigenvalue weighted by atomic mass is 10.1. The number of fused-ring (bicyclic) bond motifs is 1. The Morgan fingerprint density at radius 3 is 2.74 bits per heavy atom. The molecule has 1 aromatic carbocycles. The third-order valence-electron chi connectivity index (χ3n) is 6.08. The number of alkyl halides is 3. The Morgan fingerprint density at radius 2 is 2.09 bits per heavy atom. The number of aliphatic hydroxyl groups excluding tert-OH is 1. The maximum atomic E-state index is 13.4. The second-order valence-corrected chi connectivity index (χ2v) is 8.33. The molecule has 35 heavy (non-hydrogen) atoms. The van der Waals surface area contributed by atoms with Crippen LogP contribution in [0.3, 0.4) is 0 Å². The van der Waals surface area contributed by atoms with Gasteiger partial charge in [-0.25, -0.2) is 9.99 Å². The molecule has 9 nitrogen and oxygen atoms in total. The first-order valence-electron chi connectivity index (χ1n) is 11.4. The molecule has 2 aliphatic rings. The molecule has 0 amide bonds. The smallest absolute Gasteiger partial charge is 0.425 e. The predicted molar refractivity (Wildman–Crippen MR) is 123 cm³/mol. The number of methoxy groups -OCH3 is 1. The molecule has 12 heteroatoms. The van der Waals surface area contributed by atoms with Crippen molar-refractivity contribution >= 4 is 22.3 Å². The lowest BCUT2D eigenvalue weighted by Crippen LogP contribution is -2.42. The van der Waals surface area contributed by atoms with Gasteiger partial charge < -0.3 is 29.0 Å². The summed E-state index contributed by atoms with van der Waals surface area (Å²) in [5, 5.41) is 16.5. The molecule has 4 rings (SSSR count). The monoisotopic (exact) mass is 498 g/mol. The van der Waals surface area contributed by atoms with Gasteiger partial charge in [0.25, 0.3) is 0 Å². The van der Waals surface area contributed by atoms with Gasteiger partial charge in [0, 0.05) is 32.3 Å². The van der Waals surface area contributed by atoms with Crippen molar-refractivity contribution in [3.63, 3.8) is 0 Å². The molecule has 0 saturated carbocycles. The largest absolute Gasteiger partial charge is 0.480 e. The number of amidine groups is 1. The normalized spacial score (nSPS) is 21.9. The van der Waals surface area contributed by atoms with Crippen molar-refractivity contribution in [2.45, 2.75) is 44.8 Å². The highest BCUT2D eigenvalue weighted by Crippen LogP contribution is 2.40. The number of anilines is 1. The van der Waals surface area contributed by atoms with Crippen LogP contribution in [0.25, 0.3) is 10.8 Å². The zero-order valence-corrected chi connectivity index (χ0v) is 19.8. The first-order chi connectivity index (χ1) is 16.7.